The molecule has 0 amide bonds. The van der Waals surface area contributed by atoms with Crippen LogP contribution in [-0.4, -0.2) is 15.0 Å². The molecule has 0 bridgehead atoms. The van der Waals surface area contributed by atoms with Crippen LogP contribution in [0.5, 0.6) is 0 Å². The summed E-state index contributed by atoms with van der Waals surface area (Å²) in [5, 5.41) is 8.14. The van der Waals surface area contributed by atoms with E-state index in [1.807, 2.05) is 120 Å². The van der Waals surface area contributed by atoms with Crippen molar-refractivity contribution < 1.29 is 17.7 Å². The van der Waals surface area contributed by atoms with Crippen molar-refractivity contribution in [2.45, 2.75) is 0 Å². The van der Waals surface area contributed by atoms with Gasteiger partial charge in [-0.2, -0.15) is 9.97 Å². The van der Waals surface area contributed by atoms with E-state index >= 15 is 0 Å². The van der Waals surface area contributed by atoms with Gasteiger partial charge in [0, 0.05) is 60.3 Å². The molecule has 0 atom stereocenters. The molecule has 0 radical (unpaired) electrons. The lowest BCUT2D eigenvalue weighted by molar-refractivity contribution is 0.667. The minimum Gasteiger partial charge on any atom is -0.456 e. The van der Waals surface area contributed by atoms with Gasteiger partial charge in [-0.25, -0.2) is 4.98 Å². The number of aromatic nitrogens is 3. The molecule has 0 fully saturated rings. The Morgan fingerprint density at radius 3 is 1.47 bits per heavy atom. The highest BCUT2D eigenvalue weighted by atomic mass is 16.3. The number of rotatable bonds is 5. The molecule has 0 aliphatic heterocycles. The number of anilines is 3. The molecule has 0 aliphatic carbocycles. The molecule has 13 aromatic rings. The molecule has 0 spiro atoms. The minimum atomic E-state index is 0.398. The fraction of sp³-hybridized carbons (Fsp3) is 0. The van der Waals surface area contributed by atoms with Crippen LogP contribution in [0.25, 0.3) is 111 Å². The molecule has 0 aliphatic rings. The Bertz CT molecular complexity index is 3830. The summed E-state index contributed by atoms with van der Waals surface area (Å²) in [7, 11) is 0. The van der Waals surface area contributed by atoms with Crippen LogP contribution >= 0.6 is 0 Å². The monoisotopic (exact) mass is 760 g/mol. The first-order valence-electron chi connectivity index (χ1n) is 19.4. The van der Waals surface area contributed by atoms with Crippen molar-refractivity contribution in [2.75, 3.05) is 4.90 Å². The smallest absolute Gasteiger partial charge is 0.238 e. The van der Waals surface area contributed by atoms with Gasteiger partial charge in [0.05, 0.1) is 11.4 Å². The number of nitrogens with zero attached hydrogens (tertiary/aromatic N) is 4. The van der Waals surface area contributed by atoms with Crippen molar-refractivity contribution in [1.29, 1.82) is 0 Å². The normalized spacial score (nSPS) is 12.1. The molecule has 8 aromatic carbocycles. The first kappa shape index (κ1) is 31.9. The molecule has 5 aromatic heterocycles. The van der Waals surface area contributed by atoms with Crippen molar-refractivity contribution in [3.63, 3.8) is 0 Å². The predicted octanol–water partition coefficient (Wildman–Crippen LogP) is 14.3. The van der Waals surface area contributed by atoms with Crippen LogP contribution in [0.1, 0.15) is 0 Å². The fourth-order valence-electron chi connectivity index (χ4n) is 8.58. The van der Waals surface area contributed by atoms with Crippen molar-refractivity contribution in [1.82, 2.24) is 15.0 Å². The van der Waals surface area contributed by atoms with Crippen LogP contribution in [0, 0.1) is 0 Å². The van der Waals surface area contributed by atoms with E-state index in [0.29, 0.717) is 23.2 Å². The summed E-state index contributed by atoms with van der Waals surface area (Å²) >= 11 is 0. The zero-order valence-corrected chi connectivity index (χ0v) is 31.1. The van der Waals surface area contributed by atoms with E-state index in [9.17, 15) is 0 Å². The van der Waals surface area contributed by atoms with Gasteiger partial charge in [-0.15, -0.1) is 0 Å². The SMILES string of the molecule is c1ccc2c(c1)oc1cc(-c3nc(-c4ccc5oc6ccccc6c5c4)nc(N(c4ccc5c(c4)oc4ccccc45)c4cccc5c4oc4ccccc45)n3)ccc12. The van der Waals surface area contributed by atoms with Crippen molar-refractivity contribution in [3.05, 3.63) is 170 Å². The van der Waals surface area contributed by atoms with Gasteiger partial charge in [-0.05, 0) is 72.8 Å². The lowest BCUT2D eigenvalue weighted by atomic mass is 10.1. The Morgan fingerprint density at radius 1 is 0.322 bits per heavy atom. The molecule has 0 N–H and O–H groups in total. The molecule has 0 unspecified atom stereocenters. The Labute approximate surface area is 334 Å². The van der Waals surface area contributed by atoms with Gasteiger partial charge < -0.3 is 17.7 Å². The first-order valence-corrected chi connectivity index (χ1v) is 19.4. The number of fused-ring (bicyclic) bond motifs is 12. The van der Waals surface area contributed by atoms with Crippen LogP contribution in [-0.2, 0) is 0 Å². The van der Waals surface area contributed by atoms with E-state index < -0.39 is 0 Å². The van der Waals surface area contributed by atoms with Gasteiger partial charge in [0.1, 0.15) is 39.1 Å². The molecule has 5 heterocycles. The summed E-state index contributed by atoms with van der Waals surface area (Å²) in [4.78, 5) is 17.8. The summed E-state index contributed by atoms with van der Waals surface area (Å²) < 4.78 is 25.7. The zero-order chi connectivity index (χ0) is 38.6. The predicted molar refractivity (Wildman–Crippen MR) is 234 cm³/mol. The Kier molecular flexibility index (Phi) is 6.56. The van der Waals surface area contributed by atoms with Crippen LogP contribution in [0.3, 0.4) is 0 Å². The second kappa shape index (κ2) is 12.1. The number of hydrogen-bond donors (Lipinski definition) is 0. The lowest BCUT2D eigenvalue weighted by Crippen LogP contribution is -2.15. The summed E-state index contributed by atoms with van der Waals surface area (Å²) in [6, 6.07) is 56.9. The quantitative estimate of drug-likeness (QED) is 0.171. The maximum Gasteiger partial charge on any atom is 0.238 e. The summed E-state index contributed by atoms with van der Waals surface area (Å²) in [5.41, 5.74) is 9.39. The Morgan fingerprint density at radius 2 is 0.797 bits per heavy atom. The maximum absolute atomic E-state index is 6.67. The topological polar surface area (TPSA) is 94.5 Å². The molecular weight excluding hydrogens is 733 g/mol. The van der Waals surface area contributed by atoms with Crippen molar-refractivity contribution in [2.24, 2.45) is 0 Å². The second-order valence-electron chi connectivity index (χ2n) is 14.8. The van der Waals surface area contributed by atoms with Crippen LogP contribution in [0.2, 0.25) is 0 Å². The Balaban J connectivity index is 1.09. The third-order valence-electron chi connectivity index (χ3n) is 11.3. The van der Waals surface area contributed by atoms with E-state index in [1.165, 1.54) is 0 Å². The number of hydrogen-bond acceptors (Lipinski definition) is 8. The number of furan rings is 4. The van der Waals surface area contributed by atoms with E-state index in [0.717, 1.165) is 105 Å². The highest BCUT2D eigenvalue weighted by Gasteiger charge is 2.25. The average molecular weight is 761 g/mol. The number of benzene rings is 8. The molecular formula is C51H28N4O4. The molecule has 0 saturated carbocycles. The highest BCUT2D eigenvalue weighted by Crippen LogP contribution is 2.44. The molecule has 8 heteroatoms. The summed E-state index contributed by atoms with van der Waals surface area (Å²) in [6.07, 6.45) is 0. The van der Waals surface area contributed by atoms with Gasteiger partial charge in [0.15, 0.2) is 17.2 Å². The fourth-order valence-corrected chi connectivity index (χ4v) is 8.58. The first-order chi connectivity index (χ1) is 29.2. The van der Waals surface area contributed by atoms with Gasteiger partial charge in [0.25, 0.3) is 0 Å². The second-order valence-corrected chi connectivity index (χ2v) is 14.8. The van der Waals surface area contributed by atoms with Crippen LogP contribution in [0.4, 0.5) is 17.3 Å². The third-order valence-corrected chi connectivity index (χ3v) is 11.3. The molecule has 59 heavy (non-hydrogen) atoms. The lowest BCUT2D eigenvalue weighted by Gasteiger charge is -2.24. The van der Waals surface area contributed by atoms with Crippen LogP contribution in [0.15, 0.2) is 188 Å². The number of para-hydroxylation sites is 5. The van der Waals surface area contributed by atoms with Crippen LogP contribution < -0.4 is 4.90 Å². The maximum atomic E-state index is 6.67. The minimum absolute atomic E-state index is 0.398. The molecule has 0 saturated heterocycles. The average Bonchev–Trinajstić information content (AvgIpc) is 4.06. The van der Waals surface area contributed by atoms with E-state index in [-0.39, 0.29) is 0 Å². The zero-order valence-electron chi connectivity index (χ0n) is 31.1. The summed E-state index contributed by atoms with van der Waals surface area (Å²) in [6.45, 7) is 0. The molecule has 13 rings (SSSR count). The van der Waals surface area contributed by atoms with E-state index in [1.54, 1.807) is 0 Å². The van der Waals surface area contributed by atoms with Crippen molar-refractivity contribution >= 4 is 105 Å². The third kappa shape index (κ3) is 4.87. The largest absolute Gasteiger partial charge is 0.456 e. The van der Waals surface area contributed by atoms with Gasteiger partial charge in [0.2, 0.25) is 5.95 Å². The van der Waals surface area contributed by atoms with Crippen molar-refractivity contribution in [3.8, 4) is 22.8 Å². The van der Waals surface area contributed by atoms with Gasteiger partial charge in [-0.3, -0.25) is 4.90 Å². The standard InChI is InChI=1S/C51H28N4O4/c1-5-16-41-32(10-1)36-23-20-30(27-46(36)57-41)50-52-49(29-21-25-45-39(26-29)35-13-4-7-18-43(35)56-45)53-51(54-50)55(31-22-24-37-33-11-2-6-17-42(33)58-47(37)28-31)40-15-9-14-38-34-12-3-8-19-44(34)59-48(38)40/h1-28H. The van der Waals surface area contributed by atoms with E-state index in [4.69, 9.17) is 32.6 Å². The van der Waals surface area contributed by atoms with Gasteiger partial charge >= 0.3 is 0 Å². The molecule has 8 nitrogen and oxygen atoms in total. The summed E-state index contributed by atoms with van der Waals surface area (Å²) in [5.74, 6) is 1.37. The van der Waals surface area contributed by atoms with Gasteiger partial charge in [-0.1, -0.05) is 91.0 Å². The van der Waals surface area contributed by atoms with E-state index in [2.05, 4.69) is 54.6 Å². The molecule has 276 valence electrons. The Hall–Kier alpha value is -8.23. The highest BCUT2D eigenvalue weighted by molar-refractivity contribution is 6.11.